The zero-order valence-electron chi connectivity index (χ0n) is 14.5. The van der Waals surface area contributed by atoms with E-state index < -0.39 is 5.97 Å². The summed E-state index contributed by atoms with van der Waals surface area (Å²) in [6.07, 6.45) is 0. The van der Waals surface area contributed by atoms with Crippen molar-refractivity contribution in [3.05, 3.63) is 64.3 Å². The molecule has 0 amide bonds. The Kier molecular flexibility index (Phi) is 4.01. The van der Waals surface area contributed by atoms with Crippen LogP contribution in [-0.2, 0) is 0 Å². The van der Waals surface area contributed by atoms with Crippen molar-refractivity contribution < 1.29 is 9.90 Å². The van der Waals surface area contributed by atoms with Gasteiger partial charge >= 0.3 is 5.97 Å². The highest BCUT2D eigenvalue weighted by atomic mass is 35.5. The maximum Gasteiger partial charge on any atom is 0.335 e. The van der Waals surface area contributed by atoms with Crippen LogP contribution in [0.5, 0.6) is 0 Å². The van der Waals surface area contributed by atoms with Crippen LogP contribution in [0.25, 0.3) is 5.70 Å². The minimum atomic E-state index is -0.933. The molecule has 2 heterocycles. The van der Waals surface area contributed by atoms with E-state index in [0.29, 0.717) is 11.6 Å². The Labute approximate surface area is 156 Å². The molecule has 2 aromatic carbocycles. The summed E-state index contributed by atoms with van der Waals surface area (Å²) in [4.78, 5) is 13.7. The van der Waals surface area contributed by atoms with E-state index >= 15 is 0 Å². The molecule has 4 rings (SSSR count). The molecule has 0 aromatic heterocycles. The predicted octanol–water partition coefficient (Wildman–Crippen LogP) is 3.55. The molecule has 0 fully saturated rings. The number of hydrogen-bond donors (Lipinski definition) is 2. The molecule has 7 heteroatoms. The summed E-state index contributed by atoms with van der Waals surface area (Å²) in [5.41, 5.74) is 8.54. The van der Waals surface area contributed by atoms with E-state index in [0.717, 1.165) is 34.9 Å². The van der Waals surface area contributed by atoms with Crippen LogP contribution in [0.1, 0.15) is 22.8 Å². The SMILES string of the molecule is CC1=C2c3ccc(C(=O)O)cc3N(c3ccc(Cl)cc3)CCN2N(C)N1. The lowest BCUT2D eigenvalue weighted by atomic mass is 10.0. The van der Waals surface area contributed by atoms with Gasteiger partial charge in [0.1, 0.15) is 0 Å². The van der Waals surface area contributed by atoms with E-state index in [1.807, 2.05) is 49.4 Å². The number of hydrazine groups is 2. The van der Waals surface area contributed by atoms with Crippen molar-refractivity contribution in [3.8, 4) is 0 Å². The average molecular weight is 371 g/mol. The molecular weight excluding hydrogens is 352 g/mol. The third-order valence-electron chi connectivity index (χ3n) is 4.77. The lowest BCUT2D eigenvalue weighted by Crippen LogP contribution is -2.41. The Hall–Kier alpha value is -2.70. The topological polar surface area (TPSA) is 59.1 Å². The van der Waals surface area contributed by atoms with Crippen LogP contribution in [0.2, 0.25) is 5.02 Å². The van der Waals surface area contributed by atoms with Gasteiger partial charge in [0.25, 0.3) is 0 Å². The first-order valence-electron chi connectivity index (χ1n) is 8.35. The number of rotatable bonds is 2. The molecule has 2 N–H and O–H groups in total. The van der Waals surface area contributed by atoms with Crippen LogP contribution in [-0.4, -0.2) is 41.3 Å². The van der Waals surface area contributed by atoms with Crippen LogP contribution < -0.4 is 10.3 Å². The molecule has 2 aromatic rings. The largest absolute Gasteiger partial charge is 0.478 e. The van der Waals surface area contributed by atoms with Crippen molar-refractivity contribution in [1.29, 1.82) is 0 Å². The Bertz CT molecular complexity index is 910. The fourth-order valence-electron chi connectivity index (χ4n) is 3.60. The van der Waals surface area contributed by atoms with Gasteiger partial charge < -0.3 is 15.4 Å². The van der Waals surface area contributed by atoms with E-state index in [-0.39, 0.29) is 5.56 Å². The quantitative estimate of drug-likeness (QED) is 0.843. The number of allylic oxidation sites excluding steroid dienone is 1. The van der Waals surface area contributed by atoms with Gasteiger partial charge in [-0.1, -0.05) is 11.6 Å². The highest BCUT2D eigenvalue weighted by molar-refractivity contribution is 6.30. The van der Waals surface area contributed by atoms with Crippen LogP contribution in [0, 0.1) is 0 Å². The van der Waals surface area contributed by atoms with Gasteiger partial charge in [-0.2, -0.15) is 0 Å². The van der Waals surface area contributed by atoms with Gasteiger partial charge in [-0.25, -0.2) is 4.79 Å². The number of halogens is 1. The van der Waals surface area contributed by atoms with Gasteiger partial charge in [-0.15, -0.1) is 5.12 Å². The van der Waals surface area contributed by atoms with Crippen molar-refractivity contribution in [2.75, 3.05) is 25.0 Å². The number of carboxylic acid groups (broad SMARTS) is 1. The summed E-state index contributed by atoms with van der Waals surface area (Å²) in [6.45, 7) is 3.50. The molecule has 0 unspecified atom stereocenters. The van der Waals surface area contributed by atoms with E-state index in [1.165, 1.54) is 0 Å². The second kappa shape index (κ2) is 6.23. The third kappa shape index (κ3) is 2.67. The number of nitrogens with one attached hydrogen (secondary N) is 1. The molecule has 2 aliphatic rings. The minimum absolute atomic E-state index is 0.272. The van der Waals surface area contributed by atoms with Gasteiger partial charge in [-0.05, 0) is 49.4 Å². The van der Waals surface area contributed by atoms with Gasteiger partial charge in [0.05, 0.1) is 29.2 Å². The average Bonchev–Trinajstić information content (AvgIpc) is 2.79. The van der Waals surface area contributed by atoms with Crippen LogP contribution >= 0.6 is 11.6 Å². The van der Waals surface area contributed by atoms with E-state index in [1.54, 1.807) is 12.1 Å². The lowest BCUT2D eigenvalue weighted by Gasteiger charge is -2.28. The van der Waals surface area contributed by atoms with Gasteiger partial charge in [0.15, 0.2) is 0 Å². The van der Waals surface area contributed by atoms with Crippen molar-refractivity contribution in [3.63, 3.8) is 0 Å². The Morgan fingerprint density at radius 1 is 1.15 bits per heavy atom. The highest BCUT2D eigenvalue weighted by Gasteiger charge is 2.32. The first kappa shape index (κ1) is 16.8. The number of benzene rings is 2. The fourth-order valence-corrected chi connectivity index (χ4v) is 3.72. The van der Waals surface area contributed by atoms with Crippen molar-refractivity contribution >= 4 is 34.6 Å². The molecule has 26 heavy (non-hydrogen) atoms. The fraction of sp³-hybridized carbons (Fsp3) is 0.211. The normalized spacial score (nSPS) is 16.9. The molecule has 0 saturated heterocycles. The standard InChI is InChI=1S/C19H19ClN4O2/c1-12-18-16-8-3-13(19(25)26)11-17(16)23(9-10-24(18)22(2)21-12)15-6-4-14(20)5-7-15/h3-8,11,21H,9-10H2,1-2H3,(H,25,26). The molecule has 6 nitrogen and oxygen atoms in total. The summed E-state index contributed by atoms with van der Waals surface area (Å²) in [5.74, 6) is -0.933. The Morgan fingerprint density at radius 2 is 1.88 bits per heavy atom. The van der Waals surface area contributed by atoms with E-state index in [4.69, 9.17) is 11.6 Å². The van der Waals surface area contributed by atoms with E-state index in [2.05, 4.69) is 15.3 Å². The number of fused-ring (bicyclic) bond motifs is 3. The predicted molar refractivity (Wildman–Crippen MR) is 102 cm³/mol. The van der Waals surface area contributed by atoms with Gasteiger partial charge in [-0.3, -0.25) is 5.01 Å². The number of carboxylic acids is 1. The van der Waals surface area contributed by atoms with Crippen molar-refractivity contribution in [2.45, 2.75) is 6.92 Å². The molecular formula is C19H19ClN4O2. The summed E-state index contributed by atoms with van der Waals surface area (Å²) in [7, 11) is 1.97. The lowest BCUT2D eigenvalue weighted by molar-refractivity contribution is 0.0492. The number of nitrogens with zero attached hydrogens (tertiary/aromatic N) is 3. The second-order valence-corrected chi connectivity index (χ2v) is 6.83. The first-order chi connectivity index (χ1) is 12.5. The molecule has 134 valence electrons. The summed E-state index contributed by atoms with van der Waals surface area (Å²) < 4.78 is 0. The first-order valence-corrected chi connectivity index (χ1v) is 8.73. The number of hydrogen-bond acceptors (Lipinski definition) is 5. The van der Waals surface area contributed by atoms with Crippen LogP contribution in [0.15, 0.2) is 48.2 Å². The van der Waals surface area contributed by atoms with Crippen LogP contribution in [0.4, 0.5) is 11.4 Å². The second-order valence-electron chi connectivity index (χ2n) is 6.40. The van der Waals surface area contributed by atoms with Crippen molar-refractivity contribution in [2.24, 2.45) is 0 Å². The summed E-state index contributed by atoms with van der Waals surface area (Å²) in [5, 5.41) is 14.3. The monoisotopic (exact) mass is 370 g/mol. The summed E-state index contributed by atoms with van der Waals surface area (Å²) in [6, 6.07) is 12.9. The molecule has 0 radical (unpaired) electrons. The maximum absolute atomic E-state index is 11.5. The van der Waals surface area contributed by atoms with E-state index in [9.17, 15) is 9.90 Å². The number of anilines is 2. The van der Waals surface area contributed by atoms with Gasteiger partial charge in [0, 0.05) is 29.9 Å². The molecule has 2 aliphatic heterocycles. The van der Waals surface area contributed by atoms with Crippen molar-refractivity contribution in [1.82, 2.24) is 15.6 Å². The smallest absolute Gasteiger partial charge is 0.335 e. The number of carbonyl (C=O) groups is 1. The maximum atomic E-state index is 11.5. The zero-order chi connectivity index (χ0) is 18.4. The molecule has 0 atom stereocenters. The zero-order valence-corrected chi connectivity index (χ0v) is 15.3. The molecule has 0 saturated carbocycles. The number of aromatic carboxylic acids is 1. The summed E-state index contributed by atoms with van der Waals surface area (Å²) >= 11 is 6.04. The highest BCUT2D eigenvalue weighted by Crippen LogP contribution is 2.40. The van der Waals surface area contributed by atoms with Gasteiger partial charge in [0.2, 0.25) is 0 Å². The van der Waals surface area contributed by atoms with Crippen LogP contribution in [0.3, 0.4) is 0 Å². The Morgan fingerprint density at radius 3 is 2.58 bits per heavy atom. The molecule has 0 spiro atoms. The molecule has 0 aliphatic carbocycles. The molecule has 0 bridgehead atoms. The minimum Gasteiger partial charge on any atom is -0.478 e. The third-order valence-corrected chi connectivity index (χ3v) is 5.02. The Balaban J connectivity index is 1.91.